The topological polar surface area (TPSA) is 62.5 Å². The normalized spacial score (nSPS) is 14.0. The van der Waals surface area contributed by atoms with E-state index < -0.39 is 0 Å². The summed E-state index contributed by atoms with van der Waals surface area (Å²) in [5, 5.41) is 4.27. The number of fused-ring (bicyclic) bond motifs is 1. The van der Waals surface area contributed by atoms with Crippen LogP contribution in [0.5, 0.6) is 0 Å². The molecule has 1 fully saturated rings. The minimum Gasteiger partial charge on any atom is -0.351 e. The van der Waals surface area contributed by atoms with Crippen molar-refractivity contribution in [2.45, 2.75) is 40.5 Å². The lowest BCUT2D eigenvalue weighted by atomic mass is 9.95. The summed E-state index contributed by atoms with van der Waals surface area (Å²) in [5.74, 6) is 1.54. The first-order valence-electron chi connectivity index (χ1n) is 12.1. The Morgan fingerprint density at radius 2 is 1.46 bits per heavy atom. The Bertz CT molecular complexity index is 1190. The Morgan fingerprint density at radius 1 is 0.857 bits per heavy atom. The highest BCUT2D eigenvalue weighted by atomic mass is 79.9. The zero-order chi connectivity index (χ0) is 25.4. The first-order chi connectivity index (χ1) is 17.1. The molecule has 1 unspecified atom stereocenters. The minimum absolute atomic E-state index is 0.105. The molecular formula is C26H33BrFN7. The van der Waals surface area contributed by atoms with Crippen LogP contribution in [-0.2, 0) is 0 Å². The van der Waals surface area contributed by atoms with Crippen molar-refractivity contribution >= 4 is 33.2 Å². The van der Waals surface area contributed by atoms with Gasteiger partial charge in [0.25, 0.3) is 0 Å². The standard InChI is InChI=1S/C22H21BrFN7.2C2H6/c1-15(16-2-4-19(24)5-3-16)17-11-25-22(26-12-17)30-8-6-29(7-9-30)21-20-10-18(23)13-31(20)28-14-27-21;2*1-2/h2-5,10-15H,6-9H2,1H3;2*1-2H3. The first-order valence-corrected chi connectivity index (χ1v) is 12.9. The third-order valence-electron chi connectivity index (χ3n) is 5.74. The van der Waals surface area contributed by atoms with E-state index in [1.165, 1.54) is 12.1 Å². The molecule has 1 aromatic carbocycles. The van der Waals surface area contributed by atoms with Crippen molar-refractivity contribution < 1.29 is 4.39 Å². The van der Waals surface area contributed by atoms with Gasteiger partial charge in [0, 0.05) is 55.2 Å². The Kier molecular flexibility index (Phi) is 9.54. The smallest absolute Gasteiger partial charge is 0.225 e. The lowest BCUT2D eigenvalue weighted by Gasteiger charge is -2.35. The van der Waals surface area contributed by atoms with Gasteiger partial charge in [-0.15, -0.1) is 0 Å². The molecule has 1 atom stereocenters. The maximum absolute atomic E-state index is 13.2. The van der Waals surface area contributed by atoms with Crippen molar-refractivity contribution in [1.82, 2.24) is 24.6 Å². The first kappa shape index (κ1) is 26.5. The Morgan fingerprint density at radius 3 is 2.09 bits per heavy atom. The molecule has 1 aliphatic heterocycles. The second kappa shape index (κ2) is 12.6. The molecule has 186 valence electrons. The van der Waals surface area contributed by atoms with Crippen molar-refractivity contribution in [3.8, 4) is 0 Å². The van der Waals surface area contributed by atoms with Gasteiger partial charge in [-0.25, -0.2) is 23.9 Å². The number of nitrogens with zero attached hydrogens (tertiary/aromatic N) is 7. The van der Waals surface area contributed by atoms with Crippen LogP contribution in [0.4, 0.5) is 16.2 Å². The molecule has 0 radical (unpaired) electrons. The maximum Gasteiger partial charge on any atom is 0.225 e. The van der Waals surface area contributed by atoms with Crippen LogP contribution in [0, 0.1) is 5.82 Å². The monoisotopic (exact) mass is 541 g/mol. The second-order valence-electron chi connectivity index (χ2n) is 7.64. The van der Waals surface area contributed by atoms with Crippen LogP contribution in [0.15, 0.2) is 59.7 Å². The fraction of sp³-hybridized carbons (Fsp3) is 0.385. The fourth-order valence-corrected chi connectivity index (χ4v) is 4.32. The molecule has 0 saturated carbocycles. The van der Waals surface area contributed by atoms with Crippen molar-refractivity contribution in [2.75, 3.05) is 36.0 Å². The summed E-state index contributed by atoms with van der Waals surface area (Å²) in [6.07, 6.45) is 7.26. The number of benzene rings is 1. The Labute approximate surface area is 215 Å². The molecule has 3 aromatic heterocycles. The van der Waals surface area contributed by atoms with Gasteiger partial charge in [-0.3, -0.25) is 0 Å². The number of rotatable bonds is 4. The maximum atomic E-state index is 13.2. The third-order valence-corrected chi connectivity index (χ3v) is 6.18. The fourth-order valence-electron chi connectivity index (χ4n) is 3.91. The molecule has 1 aliphatic rings. The van der Waals surface area contributed by atoms with Crippen molar-refractivity contribution in [2.24, 2.45) is 0 Å². The van der Waals surface area contributed by atoms with Gasteiger partial charge in [-0.1, -0.05) is 46.8 Å². The van der Waals surface area contributed by atoms with E-state index in [9.17, 15) is 4.39 Å². The summed E-state index contributed by atoms with van der Waals surface area (Å²) in [5.41, 5.74) is 3.04. The summed E-state index contributed by atoms with van der Waals surface area (Å²) in [6.45, 7) is 13.3. The highest BCUT2D eigenvalue weighted by Crippen LogP contribution is 2.26. The average molecular weight is 543 g/mol. The number of hydrogen-bond donors (Lipinski definition) is 0. The summed E-state index contributed by atoms with van der Waals surface area (Å²) in [6, 6.07) is 8.62. The molecule has 0 spiro atoms. The van der Waals surface area contributed by atoms with Crippen LogP contribution in [0.3, 0.4) is 0 Å². The van der Waals surface area contributed by atoms with E-state index in [1.54, 1.807) is 18.5 Å². The molecule has 1 saturated heterocycles. The van der Waals surface area contributed by atoms with Crippen molar-refractivity contribution in [3.05, 3.63) is 76.7 Å². The van der Waals surface area contributed by atoms with Gasteiger partial charge in [-0.2, -0.15) is 5.10 Å². The molecule has 0 aliphatic carbocycles. The largest absolute Gasteiger partial charge is 0.351 e. The number of anilines is 2. The quantitative estimate of drug-likeness (QED) is 0.318. The van der Waals surface area contributed by atoms with Gasteiger partial charge in [0.1, 0.15) is 17.7 Å². The number of halogens is 2. The minimum atomic E-state index is -0.228. The van der Waals surface area contributed by atoms with E-state index >= 15 is 0 Å². The SMILES string of the molecule is CC.CC.CC(c1ccc(F)cc1)c1cnc(N2CCN(c3ncnn4cc(Br)cc34)CC2)nc1. The molecule has 9 heteroatoms. The van der Waals surface area contributed by atoms with E-state index in [0.29, 0.717) is 0 Å². The van der Waals surface area contributed by atoms with E-state index in [0.717, 1.165) is 59.1 Å². The molecule has 4 heterocycles. The van der Waals surface area contributed by atoms with Gasteiger partial charge >= 0.3 is 0 Å². The van der Waals surface area contributed by atoms with Gasteiger partial charge in [0.2, 0.25) is 5.95 Å². The highest BCUT2D eigenvalue weighted by molar-refractivity contribution is 9.10. The summed E-state index contributed by atoms with van der Waals surface area (Å²) >= 11 is 3.51. The lowest BCUT2D eigenvalue weighted by Crippen LogP contribution is -2.47. The van der Waals surface area contributed by atoms with Gasteiger partial charge in [-0.05, 0) is 45.3 Å². The van der Waals surface area contributed by atoms with Crippen LogP contribution in [0.2, 0.25) is 0 Å². The Balaban J connectivity index is 0.000000815. The molecule has 4 aromatic rings. The molecular weight excluding hydrogens is 509 g/mol. The average Bonchev–Trinajstić information content (AvgIpc) is 3.31. The third kappa shape index (κ3) is 6.14. The molecule has 7 nitrogen and oxygen atoms in total. The predicted octanol–water partition coefficient (Wildman–Crippen LogP) is 5.95. The van der Waals surface area contributed by atoms with Crippen LogP contribution < -0.4 is 9.80 Å². The van der Waals surface area contributed by atoms with E-state index in [-0.39, 0.29) is 11.7 Å². The molecule has 5 rings (SSSR count). The zero-order valence-corrected chi connectivity index (χ0v) is 22.6. The predicted molar refractivity (Wildman–Crippen MR) is 144 cm³/mol. The summed E-state index contributed by atoms with van der Waals surface area (Å²) in [7, 11) is 0. The summed E-state index contributed by atoms with van der Waals surface area (Å²) in [4.78, 5) is 18.2. The Hall–Kier alpha value is -3.07. The van der Waals surface area contributed by atoms with E-state index in [2.05, 4.69) is 52.7 Å². The van der Waals surface area contributed by atoms with Gasteiger partial charge in [0.15, 0.2) is 5.82 Å². The molecule has 35 heavy (non-hydrogen) atoms. The van der Waals surface area contributed by atoms with Crippen molar-refractivity contribution in [3.63, 3.8) is 0 Å². The van der Waals surface area contributed by atoms with Crippen LogP contribution in [-0.4, -0.2) is 50.7 Å². The number of hydrogen-bond acceptors (Lipinski definition) is 6. The second-order valence-corrected chi connectivity index (χ2v) is 8.55. The van der Waals surface area contributed by atoms with Crippen LogP contribution in [0.25, 0.3) is 5.52 Å². The van der Waals surface area contributed by atoms with Crippen LogP contribution in [0.1, 0.15) is 51.7 Å². The van der Waals surface area contributed by atoms with E-state index in [4.69, 9.17) is 0 Å². The molecule has 0 amide bonds. The van der Waals surface area contributed by atoms with Crippen molar-refractivity contribution in [1.29, 1.82) is 0 Å². The molecule has 0 N–H and O–H groups in total. The lowest BCUT2D eigenvalue weighted by molar-refractivity contribution is 0.626. The van der Waals surface area contributed by atoms with E-state index in [1.807, 2.05) is 56.9 Å². The van der Waals surface area contributed by atoms with Gasteiger partial charge in [0.05, 0.1) is 0 Å². The molecule has 0 bridgehead atoms. The van der Waals surface area contributed by atoms with Crippen LogP contribution >= 0.6 is 15.9 Å². The zero-order valence-electron chi connectivity index (χ0n) is 21.0. The number of piperazine rings is 1. The van der Waals surface area contributed by atoms with Gasteiger partial charge < -0.3 is 9.80 Å². The highest BCUT2D eigenvalue weighted by Gasteiger charge is 2.22. The summed E-state index contributed by atoms with van der Waals surface area (Å²) < 4.78 is 16.0. The number of aromatic nitrogens is 5.